The van der Waals surface area contributed by atoms with Crippen LogP contribution < -0.4 is 5.32 Å². The van der Waals surface area contributed by atoms with Crippen molar-refractivity contribution in [3.05, 3.63) is 36.2 Å². The summed E-state index contributed by atoms with van der Waals surface area (Å²) >= 11 is 3.34. The maximum absolute atomic E-state index is 4.37. The van der Waals surface area contributed by atoms with Crippen LogP contribution in [-0.2, 0) is 6.42 Å². The van der Waals surface area contributed by atoms with Crippen LogP contribution in [0.4, 0.5) is 5.13 Å². The predicted octanol–water partition coefficient (Wildman–Crippen LogP) is 3.69. The molecule has 0 fully saturated rings. The molecule has 96 valence electrons. The van der Waals surface area contributed by atoms with Crippen molar-refractivity contribution in [3.8, 4) is 0 Å². The van der Waals surface area contributed by atoms with Gasteiger partial charge in [0, 0.05) is 29.4 Å². The standard InChI is InChI=1S/C13H17N3S2/c1-2-12-15-13(18-16-12)14-9-6-10-17-11-7-4-3-5-8-11/h3-5,7-8H,2,6,9-10H2,1H3,(H,14,15,16). The third-order valence-corrected chi connectivity index (χ3v) is 4.20. The van der Waals surface area contributed by atoms with E-state index in [-0.39, 0.29) is 0 Å². The van der Waals surface area contributed by atoms with Crippen LogP contribution in [0.5, 0.6) is 0 Å². The maximum atomic E-state index is 4.37. The largest absolute Gasteiger partial charge is 0.360 e. The number of nitrogens with one attached hydrogen (secondary N) is 1. The Morgan fingerprint density at radius 3 is 2.83 bits per heavy atom. The summed E-state index contributed by atoms with van der Waals surface area (Å²) < 4.78 is 4.24. The van der Waals surface area contributed by atoms with Gasteiger partial charge in [-0.15, -0.1) is 11.8 Å². The van der Waals surface area contributed by atoms with Crippen molar-refractivity contribution in [1.82, 2.24) is 9.36 Å². The zero-order chi connectivity index (χ0) is 12.6. The summed E-state index contributed by atoms with van der Waals surface area (Å²) in [5.74, 6) is 2.05. The average molecular weight is 279 g/mol. The number of benzene rings is 1. The smallest absolute Gasteiger partial charge is 0.202 e. The maximum Gasteiger partial charge on any atom is 0.202 e. The Labute approximate surface area is 116 Å². The van der Waals surface area contributed by atoms with Gasteiger partial charge in [-0.05, 0) is 24.3 Å². The Bertz CT molecular complexity index is 456. The van der Waals surface area contributed by atoms with Gasteiger partial charge in [-0.2, -0.15) is 4.37 Å². The van der Waals surface area contributed by atoms with Gasteiger partial charge in [-0.25, -0.2) is 4.98 Å². The summed E-state index contributed by atoms with van der Waals surface area (Å²) in [5.41, 5.74) is 0. The van der Waals surface area contributed by atoms with E-state index in [4.69, 9.17) is 0 Å². The Kier molecular flexibility index (Phi) is 5.48. The van der Waals surface area contributed by atoms with Crippen LogP contribution in [0.2, 0.25) is 0 Å². The van der Waals surface area contributed by atoms with E-state index >= 15 is 0 Å². The van der Waals surface area contributed by atoms with E-state index in [1.807, 2.05) is 17.8 Å². The highest BCUT2D eigenvalue weighted by molar-refractivity contribution is 7.99. The first-order valence-corrected chi connectivity index (χ1v) is 7.88. The van der Waals surface area contributed by atoms with Gasteiger partial charge in [0.05, 0.1) is 0 Å². The topological polar surface area (TPSA) is 37.8 Å². The Morgan fingerprint density at radius 2 is 2.11 bits per heavy atom. The second-order valence-electron chi connectivity index (χ2n) is 3.81. The number of hydrogen-bond acceptors (Lipinski definition) is 5. The van der Waals surface area contributed by atoms with Crippen molar-refractivity contribution in [3.63, 3.8) is 0 Å². The van der Waals surface area contributed by atoms with Crippen molar-refractivity contribution in [1.29, 1.82) is 0 Å². The number of aromatic nitrogens is 2. The van der Waals surface area contributed by atoms with Crippen molar-refractivity contribution in [2.24, 2.45) is 0 Å². The number of hydrogen-bond donors (Lipinski definition) is 1. The van der Waals surface area contributed by atoms with Crippen LogP contribution in [0.3, 0.4) is 0 Å². The van der Waals surface area contributed by atoms with Crippen molar-refractivity contribution >= 4 is 28.4 Å². The molecule has 0 aliphatic carbocycles. The molecule has 3 nitrogen and oxygen atoms in total. The molecule has 5 heteroatoms. The molecule has 0 atom stereocenters. The van der Waals surface area contributed by atoms with Gasteiger partial charge in [0.1, 0.15) is 5.82 Å². The molecule has 1 N–H and O–H groups in total. The molecule has 0 spiro atoms. The van der Waals surface area contributed by atoms with Crippen LogP contribution >= 0.6 is 23.3 Å². The molecule has 0 unspecified atom stereocenters. The molecule has 0 amide bonds. The molecule has 18 heavy (non-hydrogen) atoms. The SMILES string of the molecule is CCc1nsc(NCCCSc2ccccc2)n1. The van der Waals surface area contributed by atoms with Crippen LogP contribution in [-0.4, -0.2) is 21.7 Å². The molecular formula is C13H17N3S2. The van der Waals surface area contributed by atoms with E-state index in [9.17, 15) is 0 Å². The first kappa shape index (κ1) is 13.4. The monoisotopic (exact) mass is 279 g/mol. The molecule has 0 bridgehead atoms. The quantitative estimate of drug-likeness (QED) is 0.619. The lowest BCUT2D eigenvalue weighted by molar-refractivity contribution is 0.966. The van der Waals surface area contributed by atoms with Crippen molar-refractivity contribution in [2.75, 3.05) is 17.6 Å². The normalized spacial score (nSPS) is 10.5. The minimum atomic E-state index is 0.905. The number of thioether (sulfide) groups is 1. The minimum absolute atomic E-state index is 0.905. The van der Waals surface area contributed by atoms with Crippen LogP contribution in [0, 0.1) is 0 Å². The lowest BCUT2D eigenvalue weighted by atomic mass is 10.4. The van der Waals surface area contributed by atoms with E-state index in [0.717, 1.165) is 36.1 Å². The minimum Gasteiger partial charge on any atom is -0.360 e. The fraction of sp³-hybridized carbons (Fsp3) is 0.385. The molecule has 0 saturated carbocycles. The van der Waals surface area contributed by atoms with Crippen LogP contribution in [0.15, 0.2) is 35.2 Å². The molecule has 1 aromatic heterocycles. The second-order valence-corrected chi connectivity index (χ2v) is 5.73. The molecule has 2 rings (SSSR count). The summed E-state index contributed by atoms with van der Waals surface area (Å²) in [4.78, 5) is 5.71. The number of rotatable bonds is 7. The van der Waals surface area contributed by atoms with Gasteiger partial charge in [-0.1, -0.05) is 25.1 Å². The van der Waals surface area contributed by atoms with Gasteiger partial charge < -0.3 is 5.32 Å². The summed E-state index contributed by atoms with van der Waals surface area (Å²) in [6, 6.07) is 10.5. The molecule has 0 saturated heterocycles. The second kappa shape index (κ2) is 7.38. The fourth-order valence-electron chi connectivity index (χ4n) is 1.44. The molecule has 0 radical (unpaired) electrons. The Morgan fingerprint density at radius 1 is 1.28 bits per heavy atom. The number of nitrogens with zero attached hydrogens (tertiary/aromatic N) is 2. The van der Waals surface area contributed by atoms with E-state index in [2.05, 4.69) is 45.9 Å². The first-order chi connectivity index (χ1) is 8.88. The van der Waals surface area contributed by atoms with Crippen LogP contribution in [0.1, 0.15) is 19.2 Å². The van der Waals surface area contributed by atoms with Gasteiger partial charge in [0.15, 0.2) is 0 Å². The van der Waals surface area contributed by atoms with E-state index in [1.165, 1.54) is 16.4 Å². The van der Waals surface area contributed by atoms with E-state index in [1.54, 1.807) is 0 Å². The Balaban J connectivity index is 1.61. The van der Waals surface area contributed by atoms with Gasteiger partial charge in [-0.3, -0.25) is 0 Å². The third kappa shape index (κ3) is 4.31. The molecule has 2 aromatic rings. The van der Waals surface area contributed by atoms with Gasteiger partial charge in [0.2, 0.25) is 5.13 Å². The number of anilines is 1. The van der Waals surface area contributed by atoms with Gasteiger partial charge in [0.25, 0.3) is 0 Å². The fourth-order valence-corrected chi connectivity index (χ4v) is 2.99. The highest BCUT2D eigenvalue weighted by Crippen LogP contribution is 2.18. The molecule has 1 heterocycles. The molecular weight excluding hydrogens is 262 g/mol. The zero-order valence-electron chi connectivity index (χ0n) is 10.4. The van der Waals surface area contributed by atoms with E-state index in [0.29, 0.717) is 0 Å². The average Bonchev–Trinajstić information content (AvgIpc) is 2.87. The molecule has 0 aliphatic rings. The van der Waals surface area contributed by atoms with Crippen molar-refractivity contribution in [2.45, 2.75) is 24.7 Å². The predicted molar refractivity (Wildman–Crippen MR) is 79.6 cm³/mol. The van der Waals surface area contributed by atoms with Crippen molar-refractivity contribution < 1.29 is 0 Å². The highest BCUT2D eigenvalue weighted by Gasteiger charge is 2.00. The molecule has 0 aliphatic heterocycles. The summed E-state index contributed by atoms with van der Waals surface area (Å²) in [5, 5.41) is 4.26. The first-order valence-electron chi connectivity index (χ1n) is 6.13. The summed E-state index contributed by atoms with van der Waals surface area (Å²) in [6.45, 7) is 3.03. The highest BCUT2D eigenvalue weighted by atomic mass is 32.2. The van der Waals surface area contributed by atoms with E-state index < -0.39 is 0 Å². The van der Waals surface area contributed by atoms with Crippen LogP contribution in [0.25, 0.3) is 0 Å². The molecule has 1 aromatic carbocycles. The lowest BCUT2D eigenvalue weighted by Gasteiger charge is -2.02. The zero-order valence-corrected chi connectivity index (χ0v) is 12.1. The number of aryl methyl sites for hydroxylation is 1. The summed E-state index contributed by atoms with van der Waals surface area (Å²) in [6.07, 6.45) is 2.03. The lowest BCUT2D eigenvalue weighted by Crippen LogP contribution is -2.02. The van der Waals surface area contributed by atoms with Gasteiger partial charge >= 0.3 is 0 Å². The third-order valence-electron chi connectivity index (χ3n) is 2.39. The Hall–Kier alpha value is -1.07. The summed E-state index contributed by atoms with van der Waals surface area (Å²) in [7, 11) is 0.